The van der Waals surface area contributed by atoms with Gasteiger partial charge in [-0.1, -0.05) is 145 Å². The predicted molar refractivity (Wildman–Crippen MR) is 180 cm³/mol. The lowest BCUT2D eigenvalue weighted by Gasteiger charge is -2.23. The maximum absolute atomic E-state index is 2.36. The summed E-state index contributed by atoms with van der Waals surface area (Å²) < 4.78 is 0. The van der Waals surface area contributed by atoms with Crippen LogP contribution in [-0.4, -0.2) is 7.85 Å². The van der Waals surface area contributed by atoms with E-state index in [-0.39, 0.29) is 0 Å². The molecule has 8 aromatic carbocycles. The van der Waals surface area contributed by atoms with Gasteiger partial charge in [0.05, 0.1) is 0 Å². The van der Waals surface area contributed by atoms with Crippen LogP contribution in [0.3, 0.4) is 0 Å². The summed E-state index contributed by atoms with van der Waals surface area (Å²) in [4.78, 5) is 0. The van der Waals surface area contributed by atoms with Gasteiger partial charge in [-0.3, -0.25) is 0 Å². The molecular formula is C40H25B. The van der Waals surface area contributed by atoms with Crippen molar-refractivity contribution in [2.24, 2.45) is 0 Å². The molecule has 0 atom stereocenters. The Morgan fingerprint density at radius 3 is 1.27 bits per heavy atom. The van der Waals surface area contributed by atoms with Gasteiger partial charge >= 0.3 is 0 Å². The summed E-state index contributed by atoms with van der Waals surface area (Å²) >= 11 is 0. The largest absolute Gasteiger partial charge is 0.140 e. The summed E-state index contributed by atoms with van der Waals surface area (Å²) in [6, 6.07) is 51.6. The van der Waals surface area contributed by atoms with Crippen molar-refractivity contribution in [2.45, 2.75) is 0 Å². The molecule has 0 spiro atoms. The normalized spacial score (nSPS) is 12.0. The highest BCUT2D eigenvalue weighted by atomic mass is 14.3. The van der Waals surface area contributed by atoms with E-state index in [9.17, 15) is 0 Å². The molecule has 0 aliphatic heterocycles. The first-order valence-electron chi connectivity index (χ1n) is 14.4. The molecule has 0 radical (unpaired) electrons. The highest BCUT2D eigenvalue weighted by molar-refractivity contribution is 6.43. The predicted octanol–water partition coefficient (Wildman–Crippen LogP) is 9.54. The van der Waals surface area contributed by atoms with Gasteiger partial charge < -0.3 is 0 Å². The Morgan fingerprint density at radius 2 is 0.732 bits per heavy atom. The first kappa shape index (κ1) is 22.7. The number of hydrogen-bond donors (Lipinski definition) is 0. The van der Waals surface area contributed by atoms with Crippen LogP contribution in [0.25, 0.3) is 87.6 Å². The molecule has 9 rings (SSSR count). The highest BCUT2D eigenvalue weighted by Crippen LogP contribution is 2.59. The van der Waals surface area contributed by atoms with Crippen LogP contribution >= 0.6 is 0 Å². The van der Waals surface area contributed by atoms with Crippen LogP contribution in [0.15, 0.2) is 140 Å². The molecule has 0 saturated heterocycles. The fourth-order valence-corrected chi connectivity index (χ4v) is 7.46. The summed E-state index contributed by atoms with van der Waals surface area (Å²) in [6.45, 7) is 0. The Labute approximate surface area is 239 Å². The molecule has 0 aromatic heterocycles. The van der Waals surface area contributed by atoms with Crippen molar-refractivity contribution in [3.8, 4) is 44.5 Å². The average Bonchev–Trinajstić information content (AvgIpc) is 3.37. The Bertz CT molecular complexity index is 2220. The monoisotopic (exact) mass is 516 g/mol. The van der Waals surface area contributed by atoms with Gasteiger partial charge in [0.1, 0.15) is 7.85 Å². The average molecular weight is 516 g/mol. The van der Waals surface area contributed by atoms with E-state index in [2.05, 4.69) is 147 Å². The van der Waals surface area contributed by atoms with Gasteiger partial charge in [0.15, 0.2) is 0 Å². The molecule has 188 valence electrons. The minimum atomic E-state index is 1.26. The lowest BCUT2D eigenvalue weighted by molar-refractivity contribution is 1.63. The van der Waals surface area contributed by atoms with Crippen molar-refractivity contribution in [1.82, 2.24) is 0 Å². The Kier molecular flexibility index (Phi) is 4.66. The van der Waals surface area contributed by atoms with Gasteiger partial charge in [-0.2, -0.15) is 0 Å². The lowest BCUT2D eigenvalue weighted by Crippen LogP contribution is -2.02. The van der Waals surface area contributed by atoms with E-state index < -0.39 is 0 Å². The molecule has 1 aliphatic carbocycles. The lowest BCUT2D eigenvalue weighted by atomic mass is 9.79. The molecule has 0 nitrogen and oxygen atoms in total. The maximum atomic E-state index is 2.36. The molecule has 0 N–H and O–H groups in total. The van der Waals surface area contributed by atoms with Gasteiger partial charge in [-0.25, -0.2) is 0 Å². The maximum Gasteiger partial charge on any atom is 0.140 e. The Hall–Kier alpha value is -5.14. The Balaban J connectivity index is 1.68. The van der Waals surface area contributed by atoms with Crippen molar-refractivity contribution < 1.29 is 0 Å². The number of fused-ring (bicyclic) bond motifs is 9. The minimum absolute atomic E-state index is 1.26. The molecule has 8 aromatic rings. The van der Waals surface area contributed by atoms with Crippen molar-refractivity contribution in [3.05, 3.63) is 140 Å². The van der Waals surface area contributed by atoms with E-state index in [1.54, 1.807) is 0 Å². The molecule has 0 bridgehead atoms. The van der Waals surface area contributed by atoms with Crippen LogP contribution in [0.2, 0.25) is 0 Å². The van der Waals surface area contributed by atoms with Crippen LogP contribution in [0, 0.1) is 0 Å². The van der Waals surface area contributed by atoms with Crippen molar-refractivity contribution in [2.75, 3.05) is 0 Å². The van der Waals surface area contributed by atoms with Gasteiger partial charge in [0.25, 0.3) is 0 Å². The van der Waals surface area contributed by atoms with E-state index in [1.807, 2.05) is 0 Å². The molecule has 41 heavy (non-hydrogen) atoms. The van der Waals surface area contributed by atoms with E-state index in [0.29, 0.717) is 0 Å². The number of hydrogen-bond acceptors (Lipinski definition) is 0. The third-order valence-electron chi connectivity index (χ3n) is 9.11. The smallest absolute Gasteiger partial charge is 0.0812 e. The van der Waals surface area contributed by atoms with Gasteiger partial charge in [0.2, 0.25) is 0 Å². The third-order valence-corrected chi connectivity index (χ3v) is 9.11. The summed E-state index contributed by atoms with van der Waals surface area (Å²) in [6.07, 6.45) is 0. The Morgan fingerprint density at radius 1 is 0.293 bits per heavy atom. The van der Waals surface area contributed by atoms with Crippen LogP contribution in [-0.2, 0) is 0 Å². The van der Waals surface area contributed by atoms with Gasteiger partial charge in [0, 0.05) is 0 Å². The zero-order valence-corrected chi connectivity index (χ0v) is 22.8. The van der Waals surface area contributed by atoms with Crippen molar-refractivity contribution >= 4 is 56.4 Å². The van der Waals surface area contributed by atoms with Crippen molar-refractivity contribution in [3.63, 3.8) is 0 Å². The van der Waals surface area contributed by atoms with Crippen LogP contribution in [0.5, 0.6) is 0 Å². The SMILES string of the molecule is Bc1ccc2c3c(cccc13)-c1c-2c(-c2ccccc2)c2c3ccccc3c3ccccc3c2c1-c1ccccc1. The zero-order valence-electron chi connectivity index (χ0n) is 22.8. The fraction of sp³-hybridized carbons (Fsp3) is 0. The van der Waals surface area contributed by atoms with Crippen LogP contribution in [0.4, 0.5) is 0 Å². The van der Waals surface area contributed by atoms with E-state index >= 15 is 0 Å². The quantitative estimate of drug-likeness (QED) is 0.159. The van der Waals surface area contributed by atoms with E-state index in [4.69, 9.17) is 0 Å². The molecule has 0 unspecified atom stereocenters. The molecule has 1 aliphatic rings. The zero-order chi connectivity index (χ0) is 27.1. The number of rotatable bonds is 2. The molecular weight excluding hydrogens is 491 g/mol. The second-order valence-corrected chi connectivity index (χ2v) is 11.2. The standard InChI is InChI=1S/C40H25B/c41-33-23-22-32-36-30(33)20-11-21-31(36)39-34(24-12-3-1-4-13-24)37-28-18-9-7-16-26(28)27-17-8-10-19-29(27)38(37)35(40(32)39)25-14-5-2-6-15-25/h1-23H,41H2. The second-order valence-electron chi connectivity index (χ2n) is 11.2. The van der Waals surface area contributed by atoms with Crippen molar-refractivity contribution in [1.29, 1.82) is 0 Å². The summed E-state index contributed by atoms with van der Waals surface area (Å²) in [5.74, 6) is 0. The molecule has 0 fully saturated rings. The summed E-state index contributed by atoms with van der Waals surface area (Å²) in [7, 11) is 2.24. The number of benzene rings is 8. The topological polar surface area (TPSA) is 0 Å². The third kappa shape index (κ3) is 3.01. The first-order chi connectivity index (χ1) is 20.3. The molecule has 0 heterocycles. The van der Waals surface area contributed by atoms with E-state index in [1.165, 1.54) is 93.1 Å². The first-order valence-corrected chi connectivity index (χ1v) is 14.4. The van der Waals surface area contributed by atoms with Gasteiger partial charge in [-0.05, 0) is 87.6 Å². The highest BCUT2D eigenvalue weighted by Gasteiger charge is 2.32. The minimum Gasteiger partial charge on any atom is -0.0812 e. The fourth-order valence-electron chi connectivity index (χ4n) is 7.46. The second kappa shape index (κ2) is 8.43. The van der Waals surface area contributed by atoms with Crippen LogP contribution < -0.4 is 5.46 Å². The molecule has 1 heteroatoms. The summed E-state index contributed by atoms with van der Waals surface area (Å²) in [5.41, 5.74) is 11.9. The van der Waals surface area contributed by atoms with Crippen LogP contribution in [0.1, 0.15) is 0 Å². The van der Waals surface area contributed by atoms with E-state index in [0.717, 1.165) is 0 Å². The molecule has 0 saturated carbocycles. The van der Waals surface area contributed by atoms with Gasteiger partial charge in [-0.15, -0.1) is 0 Å². The summed E-state index contributed by atoms with van der Waals surface area (Å²) in [5, 5.41) is 10.6. The molecule has 0 amide bonds.